The van der Waals surface area contributed by atoms with Gasteiger partial charge in [-0.05, 0) is 38.0 Å². The molecule has 0 N–H and O–H groups in total. The number of amides is 1. The zero-order chi connectivity index (χ0) is 16.4. The Kier molecular flexibility index (Phi) is 4.18. The third-order valence-electron chi connectivity index (χ3n) is 4.26. The monoisotopic (exact) mass is 310 g/mol. The molecule has 1 fully saturated rings. The predicted molar refractivity (Wildman–Crippen MR) is 89.2 cm³/mol. The molecule has 0 bridgehead atoms. The molecule has 0 radical (unpaired) electrons. The maximum atomic E-state index is 13.0. The zero-order valence-corrected chi connectivity index (χ0v) is 13.8. The number of pyridine rings is 1. The average molecular weight is 310 g/mol. The molecule has 1 atom stereocenters. The van der Waals surface area contributed by atoms with Crippen molar-refractivity contribution in [2.45, 2.75) is 32.4 Å². The van der Waals surface area contributed by atoms with Crippen LogP contribution in [-0.2, 0) is 4.74 Å². The lowest BCUT2D eigenvalue weighted by molar-refractivity contribution is -0.0846. The van der Waals surface area contributed by atoms with Gasteiger partial charge in [0, 0.05) is 12.4 Å². The van der Waals surface area contributed by atoms with Gasteiger partial charge in [-0.25, -0.2) is 0 Å². The van der Waals surface area contributed by atoms with E-state index >= 15 is 0 Å². The predicted octanol–water partition coefficient (Wildman–Crippen LogP) is 3.38. The van der Waals surface area contributed by atoms with Crippen LogP contribution in [0.15, 0.2) is 48.8 Å². The van der Waals surface area contributed by atoms with Crippen molar-refractivity contribution in [1.82, 2.24) is 9.88 Å². The molecule has 2 heterocycles. The minimum Gasteiger partial charge on any atom is -0.369 e. The van der Waals surface area contributed by atoms with Gasteiger partial charge in [0.15, 0.2) is 0 Å². The Hall–Kier alpha value is -2.20. The first-order chi connectivity index (χ1) is 11.0. The van der Waals surface area contributed by atoms with E-state index in [1.807, 2.05) is 62.1 Å². The Morgan fingerprint density at radius 2 is 2.00 bits per heavy atom. The Bertz CT molecular complexity index is 698. The molecule has 1 aromatic carbocycles. The highest BCUT2D eigenvalue weighted by atomic mass is 16.5. The van der Waals surface area contributed by atoms with Crippen LogP contribution < -0.4 is 0 Å². The van der Waals surface area contributed by atoms with Crippen LogP contribution in [0.2, 0.25) is 0 Å². The highest BCUT2D eigenvalue weighted by Crippen LogP contribution is 2.31. The van der Waals surface area contributed by atoms with Crippen LogP contribution >= 0.6 is 0 Å². The van der Waals surface area contributed by atoms with E-state index in [9.17, 15) is 4.79 Å². The van der Waals surface area contributed by atoms with Gasteiger partial charge in [0.25, 0.3) is 5.91 Å². The molecule has 4 nitrogen and oxygen atoms in total. The van der Waals surface area contributed by atoms with Crippen LogP contribution in [0.25, 0.3) is 0 Å². The quantitative estimate of drug-likeness (QED) is 0.854. The fraction of sp³-hybridized carbons (Fsp3) is 0.368. The van der Waals surface area contributed by atoms with E-state index in [2.05, 4.69) is 4.98 Å². The lowest BCUT2D eigenvalue weighted by atomic mass is 9.97. The number of rotatable bonds is 2. The van der Waals surface area contributed by atoms with Gasteiger partial charge in [-0.1, -0.05) is 30.3 Å². The average Bonchev–Trinajstić information content (AvgIpc) is 2.55. The summed E-state index contributed by atoms with van der Waals surface area (Å²) in [7, 11) is 0. The van der Waals surface area contributed by atoms with Gasteiger partial charge in [-0.15, -0.1) is 0 Å². The Labute approximate surface area is 137 Å². The van der Waals surface area contributed by atoms with E-state index in [4.69, 9.17) is 4.74 Å². The first-order valence-electron chi connectivity index (χ1n) is 7.87. The molecular formula is C19H22N2O2. The van der Waals surface area contributed by atoms with Gasteiger partial charge in [0.1, 0.15) is 6.10 Å². The molecular weight excluding hydrogens is 288 g/mol. The maximum absolute atomic E-state index is 13.0. The smallest absolute Gasteiger partial charge is 0.256 e. The van der Waals surface area contributed by atoms with Crippen LogP contribution in [0.4, 0.5) is 0 Å². The lowest BCUT2D eigenvalue weighted by Crippen LogP contribution is -2.56. The molecule has 0 unspecified atom stereocenters. The normalized spacial score (nSPS) is 20.3. The van der Waals surface area contributed by atoms with Crippen LogP contribution in [0.1, 0.15) is 41.4 Å². The number of hydrogen-bond donors (Lipinski definition) is 0. The molecule has 2 aromatic rings. The van der Waals surface area contributed by atoms with Crippen molar-refractivity contribution in [2.24, 2.45) is 0 Å². The van der Waals surface area contributed by atoms with E-state index in [0.29, 0.717) is 18.7 Å². The number of aryl methyl sites for hydroxylation is 1. The zero-order valence-electron chi connectivity index (χ0n) is 13.8. The molecule has 23 heavy (non-hydrogen) atoms. The fourth-order valence-corrected chi connectivity index (χ4v) is 2.90. The molecule has 1 amide bonds. The summed E-state index contributed by atoms with van der Waals surface area (Å²) in [6.07, 6.45) is 3.30. The summed E-state index contributed by atoms with van der Waals surface area (Å²) in [5.41, 5.74) is 2.38. The van der Waals surface area contributed by atoms with Crippen molar-refractivity contribution in [3.8, 4) is 0 Å². The topological polar surface area (TPSA) is 42.4 Å². The number of hydrogen-bond acceptors (Lipinski definition) is 3. The largest absolute Gasteiger partial charge is 0.369 e. The molecule has 120 valence electrons. The Morgan fingerprint density at radius 3 is 2.70 bits per heavy atom. The summed E-state index contributed by atoms with van der Waals surface area (Å²) in [5, 5.41) is 0. The summed E-state index contributed by atoms with van der Waals surface area (Å²) < 4.78 is 6.01. The number of carbonyl (C=O) groups is 1. The highest BCUT2D eigenvalue weighted by molar-refractivity contribution is 5.94. The summed E-state index contributed by atoms with van der Waals surface area (Å²) >= 11 is 0. The third kappa shape index (κ3) is 3.27. The van der Waals surface area contributed by atoms with Gasteiger partial charge in [0.2, 0.25) is 0 Å². The van der Waals surface area contributed by atoms with Crippen LogP contribution in [0, 0.1) is 6.92 Å². The van der Waals surface area contributed by atoms with Crippen molar-refractivity contribution in [3.63, 3.8) is 0 Å². The number of benzene rings is 1. The van der Waals surface area contributed by atoms with E-state index in [1.165, 1.54) is 0 Å². The van der Waals surface area contributed by atoms with Gasteiger partial charge in [0.05, 0.1) is 24.3 Å². The molecule has 1 aliphatic heterocycles. The maximum Gasteiger partial charge on any atom is 0.256 e. The van der Waals surface area contributed by atoms with Crippen molar-refractivity contribution >= 4 is 5.91 Å². The van der Waals surface area contributed by atoms with Gasteiger partial charge in [-0.2, -0.15) is 0 Å². The van der Waals surface area contributed by atoms with E-state index < -0.39 is 0 Å². The number of nitrogens with zero attached hydrogens (tertiary/aromatic N) is 2. The standard InChI is InChI=1S/C19H22N2O2/c1-14-9-16(11-20-10-14)18(22)21-12-17(23-13-19(21,2)3)15-7-5-4-6-8-15/h4-11,17H,12-13H2,1-3H3/t17-/m1/s1. The molecule has 1 aromatic heterocycles. The fourth-order valence-electron chi connectivity index (χ4n) is 2.90. The molecule has 0 saturated carbocycles. The molecule has 1 saturated heterocycles. The first-order valence-corrected chi connectivity index (χ1v) is 7.87. The summed E-state index contributed by atoms with van der Waals surface area (Å²) in [6.45, 7) is 7.08. The highest BCUT2D eigenvalue weighted by Gasteiger charge is 2.38. The minimum absolute atomic E-state index is 0.00966. The second-order valence-corrected chi connectivity index (χ2v) is 6.69. The van der Waals surface area contributed by atoms with Crippen molar-refractivity contribution in [1.29, 1.82) is 0 Å². The second kappa shape index (κ2) is 6.13. The molecule has 0 aliphatic carbocycles. The van der Waals surface area contributed by atoms with Crippen molar-refractivity contribution in [3.05, 3.63) is 65.5 Å². The molecule has 1 aliphatic rings. The number of ether oxygens (including phenoxy) is 1. The molecule has 0 spiro atoms. The summed E-state index contributed by atoms with van der Waals surface area (Å²) in [6, 6.07) is 11.9. The van der Waals surface area contributed by atoms with E-state index in [-0.39, 0.29) is 17.6 Å². The first kappa shape index (κ1) is 15.7. The Balaban J connectivity index is 1.87. The molecule has 3 rings (SSSR count). The Morgan fingerprint density at radius 1 is 1.26 bits per heavy atom. The number of morpholine rings is 1. The molecule has 4 heteroatoms. The summed E-state index contributed by atoms with van der Waals surface area (Å²) in [5.74, 6) is 0.00966. The SMILES string of the molecule is Cc1cncc(C(=O)N2C[C@H](c3ccccc3)OCC2(C)C)c1. The summed E-state index contributed by atoms with van der Waals surface area (Å²) in [4.78, 5) is 19.0. The third-order valence-corrected chi connectivity index (χ3v) is 4.26. The van der Waals surface area contributed by atoms with Gasteiger partial charge >= 0.3 is 0 Å². The second-order valence-electron chi connectivity index (χ2n) is 6.69. The van der Waals surface area contributed by atoms with Crippen LogP contribution in [0.3, 0.4) is 0 Å². The van der Waals surface area contributed by atoms with Crippen LogP contribution in [0.5, 0.6) is 0 Å². The van der Waals surface area contributed by atoms with E-state index in [0.717, 1.165) is 11.1 Å². The van der Waals surface area contributed by atoms with E-state index in [1.54, 1.807) is 12.4 Å². The number of carbonyl (C=O) groups excluding carboxylic acids is 1. The van der Waals surface area contributed by atoms with Crippen LogP contribution in [-0.4, -0.2) is 34.5 Å². The van der Waals surface area contributed by atoms with Crippen molar-refractivity contribution in [2.75, 3.05) is 13.2 Å². The van der Waals surface area contributed by atoms with Crippen molar-refractivity contribution < 1.29 is 9.53 Å². The lowest BCUT2D eigenvalue weighted by Gasteiger charge is -2.45. The van der Waals surface area contributed by atoms with Gasteiger partial charge in [-0.3, -0.25) is 9.78 Å². The number of aromatic nitrogens is 1. The minimum atomic E-state index is -0.341. The van der Waals surface area contributed by atoms with Gasteiger partial charge < -0.3 is 9.64 Å².